The third-order valence-corrected chi connectivity index (χ3v) is 4.22. The molecular weight excluding hydrogens is 283 g/mol. The van der Waals surface area contributed by atoms with E-state index in [1.807, 2.05) is 4.90 Å². The monoisotopic (exact) mass is 301 g/mol. The molecule has 1 fully saturated rings. The Labute approximate surface area is 104 Å². The summed E-state index contributed by atoms with van der Waals surface area (Å²) in [6, 6.07) is 0.318. The fraction of sp³-hybridized carbons (Fsp3) is 1.00. The van der Waals surface area contributed by atoms with E-state index in [1.54, 1.807) is 7.05 Å². The highest BCUT2D eigenvalue weighted by Crippen LogP contribution is 2.30. The largest absolute Gasteiger partial charge is 0.402 e. The Bertz CT molecular complexity index is 212. The fourth-order valence-corrected chi connectivity index (χ4v) is 2.65. The first-order chi connectivity index (χ1) is 7.30. The molecule has 0 aliphatic heterocycles. The molecule has 0 radical (unpaired) electrons. The number of hydrogen-bond acceptors (Lipinski definition) is 1. The van der Waals surface area contributed by atoms with Gasteiger partial charge in [0, 0.05) is 12.6 Å². The van der Waals surface area contributed by atoms with Crippen LogP contribution in [-0.2, 0) is 0 Å². The summed E-state index contributed by atoms with van der Waals surface area (Å²) < 4.78 is 37.1. The molecule has 1 aliphatic rings. The predicted molar refractivity (Wildman–Crippen MR) is 62.8 cm³/mol. The molecule has 1 saturated carbocycles. The van der Waals surface area contributed by atoms with Crippen molar-refractivity contribution < 1.29 is 13.2 Å². The van der Waals surface area contributed by atoms with Gasteiger partial charge in [0.25, 0.3) is 0 Å². The minimum Gasteiger partial charge on any atom is -0.302 e. The summed E-state index contributed by atoms with van der Waals surface area (Å²) in [7, 11) is 1.79. The summed E-state index contributed by atoms with van der Waals surface area (Å²) >= 11 is 2.71. The smallest absolute Gasteiger partial charge is 0.302 e. The van der Waals surface area contributed by atoms with Crippen molar-refractivity contribution in [2.45, 2.75) is 49.7 Å². The zero-order chi connectivity index (χ0) is 12.3. The Hall–Kier alpha value is 0.230. The summed E-state index contributed by atoms with van der Waals surface area (Å²) in [5.41, 5.74) is 0. The van der Waals surface area contributed by atoms with E-state index in [-0.39, 0.29) is 6.54 Å². The first-order valence-electron chi connectivity index (χ1n) is 5.71. The van der Waals surface area contributed by atoms with Crippen LogP contribution in [0.4, 0.5) is 13.2 Å². The van der Waals surface area contributed by atoms with Gasteiger partial charge in [0.05, 0.1) is 0 Å². The summed E-state index contributed by atoms with van der Waals surface area (Å²) in [6.07, 6.45) is 0.169. The first kappa shape index (κ1) is 14.3. The van der Waals surface area contributed by atoms with E-state index in [1.165, 1.54) is 0 Å². The quantitative estimate of drug-likeness (QED) is 0.716. The van der Waals surface area contributed by atoms with Crippen LogP contribution in [0.3, 0.4) is 0 Å². The SMILES string of the molecule is CC1CCC(N(C)CC(Br)C(F)(F)F)CC1. The maximum absolute atomic E-state index is 12.4. The van der Waals surface area contributed by atoms with Crippen molar-refractivity contribution in [1.82, 2.24) is 4.90 Å². The van der Waals surface area contributed by atoms with Gasteiger partial charge >= 0.3 is 6.18 Å². The third kappa shape index (κ3) is 4.24. The van der Waals surface area contributed by atoms with Gasteiger partial charge < -0.3 is 4.90 Å². The molecule has 0 N–H and O–H groups in total. The van der Waals surface area contributed by atoms with Crippen LogP contribution >= 0.6 is 15.9 Å². The zero-order valence-corrected chi connectivity index (χ0v) is 11.3. The van der Waals surface area contributed by atoms with Crippen LogP contribution in [0.1, 0.15) is 32.6 Å². The molecule has 0 aromatic heterocycles. The molecule has 0 spiro atoms. The molecule has 96 valence electrons. The Morgan fingerprint density at radius 3 is 2.19 bits per heavy atom. The van der Waals surface area contributed by atoms with Crippen molar-refractivity contribution in [3.63, 3.8) is 0 Å². The lowest BCUT2D eigenvalue weighted by Gasteiger charge is -2.34. The number of hydrogen-bond donors (Lipinski definition) is 0. The van der Waals surface area contributed by atoms with Crippen molar-refractivity contribution in [2.75, 3.05) is 13.6 Å². The van der Waals surface area contributed by atoms with Crippen LogP contribution in [0.2, 0.25) is 0 Å². The second-order valence-corrected chi connectivity index (χ2v) is 5.97. The molecule has 1 rings (SSSR count). The van der Waals surface area contributed by atoms with Crippen molar-refractivity contribution in [1.29, 1.82) is 0 Å². The summed E-state index contributed by atoms with van der Waals surface area (Å²) in [6.45, 7) is 2.25. The molecule has 0 aromatic carbocycles. The van der Waals surface area contributed by atoms with E-state index < -0.39 is 11.0 Å². The second kappa shape index (κ2) is 5.71. The van der Waals surface area contributed by atoms with Crippen molar-refractivity contribution >= 4 is 15.9 Å². The molecular formula is C11H19BrF3N. The van der Waals surface area contributed by atoms with Crippen LogP contribution in [-0.4, -0.2) is 35.5 Å². The third-order valence-electron chi connectivity index (χ3n) is 3.41. The maximum Gasteiger partial charge on any atom is 0.402 e. The van der Waals surface area contributed by atoms with Gasteiger partial charge in [-0.3, -0.25) is 0 Å². The lowest BCUT2D eigenvalue weighted by molar-refractivity contribution is -0.131. The van der Waals surface area contributed by atoms with Crippen molar-refractivity contribution in [3.8, 4) is 0 Å². The van der Waals surface area contributed by atoms with Crippen molar-refractivity contribution in [2.24, 2.45) is 5.92 Å². The summed E-state index contributed by atoms with van der Waals surface area (Å²) in [5, 5.41) is 0. The van der Waals surface area contributed by atoms with Crippen LogP contribution < -0.4 is 0 Å². The maximum atomic E-state index is 12.4. The van der Waals surface area contributed by atoms with E-state index >= 15 is 0 Å². The van der Waals surface area contributed by atoms with Gasteiger partial charge in [-0.1, -0.05) is 22.9 Å². The molecule has 0 heterocycles. The number of rotatable bonds is 3. The van der Waals surface area contributed by atoms with E-state index in [0.29, 0.717) is 6.04 Å². The average Bonchev–Trinajstić information content (AvgIpc) is 2.17. The van der Waals surface area contributed by atoms with Gasteiger partial charge in [0.2, 0.25) is 0 Å². The minimum atomic E-state index is -4.14. The van der Waals surface area contributed by atoms with Crippen LogP contribution in [0.15, 0.2) is 0 Å². The van der Waals surface area contributed by atoms with Gasteiger partial charge in [-0.25, -0.2) is 0 Å². The molecule has 5 heteroatoms. The van der Waals surface area contributed by atoms with Gasteiger partial charge in [-0.05, 0) is 38.6 Å². The van der Waals surface area contributed by atoms with E-state index in [9.17, 15) is 13.2 Å². The highest BCUT2D eigenvalue weighted by molar-refractivity contribution is 9.09. The molecule has 1 nitrogen and oxygen atoms in total. The van der Waals surface area contributed by atoms with Crippen LogP contribution in [0.25, 0.3) is 0 Å². The highest BCUT2D eigenvalue weighted by Gasteiger charge is 2.39. The standard InChI is InChI=1S/C11H19BrF3N/c1-8-3-5-9(6-4-8)16(2)7-10(12)11(13,14)15/h8-10H,3-7H2,1-2H3. The van der Waals surface area contributed by atoms with Crippen LogP contribution in [0, 0.1) is 5.92 Å². The Balaban J connectivity index is 2.37. The minimum absolute atomic E-state index is 0.0442. The molecule has 0 saturated heterocycles. The highest BCUT2D eigenvalue weighted by atomic mass is 79.9. The molecule has 0 amide bonds. The Morgan fingerprint density at radius 2 is 1.75 bits per heavy atom. The normalized spacial score (nSPS) is 29.4. The van der Waals surface area contributed by atoms with Gasteiger partial charge in [-0.15, -0.1) is 0 Å². The van der Waals surface area contributed by atoms with E-state index in [4.69, 9.17) is 0 Å². The lowest BCUT2D eigenvalue weighted by atomic mass is 9.87. The van der Waals surface area contributed by atoms with Crippen LogP contribution in [0.5, 0.6) is 0 Å². The topological polar surface area (TPSA) is 3.24 Å². The molecule has 16 heavy (non-hydrogen) atoms. The average molecular weight is 302 g/mol. The summed E-state index contributed by atoms with van der Waals surface area (Å²) in [5.74, 6) is 0.729. The Kier molecular flexibility index (Phi) is 5.10. The van der Waals surface area contributed by atoms with Gasteiger partial charge in [0.1, 0.15) is 4.83 Å². The molecule has 0 aromatic rings. The number of nitrogens with zero attached hydrogens (tertiary/aromatic N) is 1. The lowest BCUT2D eigenvalue weighted by Crippen LogP contribution is -2.42. The van der Waals surface area contributed by atoms with E-state index in [0.717, 1.165) is 31.6 Å². The molecule has 1 aliphatic carbocycles. The molecule has 0 bridgehead atoms. The van der Waals surface area contributed by atoms with Crippen molar-refractivity contribution in [3.05, 3.63) is 0 Å². The Morgan fingerprint density at radius 1 is 1.25 bits per heavy atom. The van der Waals surface area contributed by atoms with Gasteiger partial charge in [0.15, 0.2) is 0 Å². The molecule has 1 unspecified atom stereocenters. The number of halogens is 4. The second-order valence-electron chi connectivity index (χ2n) is 4.86. The molecule has 1 atom stereocenters. The van der Waals surface area contributed by atoms with Gasteiger partial charge in [-0.2, -0.15) is 13.2 Å². The fourth-order valence-electron chi connectivity index (χ4n) is 2.19. The first-order valence-corrected chi connectivity index (χ1v) is 6.63. The summed E-state index contributed by atoms with van der Waals surface area (Å²) in [4.78, 5) is 0.433. The predicted octanol–water partition coefficient (Wildman–Crippen LogP) is 3.82. The zero-order valence-electron chi connectivity index (χ0n) is 9.73. The number of alkyl halides is 4. The van der Waals surface area contributed by atoms with E-state index in [2.05, 4.69) is 22.9 Å².